The number of benzene rings is 2. The van der Waals surface area contributed by atoms with E-state index in [0.29, 0.717) is 12.1 Å². The van der Waals surface area contributed by atoms with E-state index in [-0.39, 0.29) is 18.2 Å². The van der Waals surface area contributed by atoms with Gasteiger partial charge in [-0.2, -0.15) is 0 Å². The summed E-state index contributed by atoms with van der Waals surface area (Å²) in [4.78, 5) is 2.12. The highest BCUT2D eigenvalue weighted by atomic mass is 19.1. The summed E-state index contributed by atoms with van der Waals surface area (Å²) in [5.74, 6) is -0.499. The molecule has 0 spiro atoms. The molecule has 0 atom stereocenters. The average Bonchev–Trinajstić information content (AvgIpc) is 2.83. The highest BCUT2D eigenvalue weighted by molar-refractivity contribution is 5.58. The van der Waals surface area contributed by atoms with Crippen LogP contribution in [-0.4, -0.2) is 6.54 Å². The molecule has 1 aliphatic rings. The zero-order valence-electron chi connectivity index (χ0n) is 11.1. The quantitative estimate of drug-likeness (QED) is 0.932. The predicted octanol–water partition coefficient (Wildman–Crippen LogP) is 2.99. The van der Waals surface area contributed by atoms with Crippen LogP contribution < -0.4 is 10.6 Å². The number of nitrogens with zero attached hydrogens (tertiary/aromatic N) is 1. The van der Waals surface area contributed by atoms with Crippen molar-refractivity contribution in [2.75, 3.05) is 11.4 Å². The third kappa shape index (κ3) is 2.39. The van der Waals surface area contributed by atoms with Crippen LogP contribution in [-0.2, 0) is 19.5 Å². The Kier molecular flexibility index (Phi) is 3.40. The third-order valence-electron chi connectivity index (χ3n) is 3.74. The summed E-state index contributed by atoms with van der Waals surface area (Å²) in [7, 11) is 0. The molecule has 0 radical (unpaired) electrons. The van der Waals surface area contributed by atoms with Crippen LogP contribution in [0.5, 0.6) is 0 Å². The Balaban J connectivity index is 1.85. The van der Waals surface area contributed by atoms with Gasteiger partial charge in [0, 0.05) is 30.9 Å². The van der Waals surface area contributed by atoms with Gasteiger partial charge in [-0.3, -0.25) is 0 Å². The Morgan fingerprint density at radius 1 is 1.10 bits per heavy atom. The fraction of sp³-hybridized carbons (Fsp3) is 0.250. The minimum Gasteiger partial charge on any atom is -0.367 e. The topological polar surface area (TPSA) is 29.3 Å². The second-order valence-corrected chi connectivity index (χ2v) is 5.07. The molecule has 2 N–H and O–H groups in total. The second-order valence-electron chi connectivity index (χ2n) is 5.07. The summed E-state index contributed by atoms with van der Waals surface area (Å²) in [5.41, 5.74) is 9.12. The van der Waals surface area contributed by atoms with E-state index < -0.39 is 0 Å². The summed E-state index contributed by atoms with van der Waals surface area (Å²) in [6.07, 6.45) is 0.917. The van der Waals surface area contributed by atoms with Crippen molar-refractivity contribution in [1.82, 2.24) is 0 Å². The van der Waals surface area contributed by atoms with Gasteiger partial charge in [0.1, 0.15) is 11.6 Å². The normalized spacial score (nSPS) is 13.7. The molecule has 1 heterocycles. The molecule has 0 amide bonds. The van der Waals surface area contributed by atoms with Crippen LogP contribution in [0.2, 0.25) is 0 Å². The summed E-state index contributed by atoms with van der Waals surface area (Å²) in [6, 6.07) is 9.88. The predicted molar refractivity (Wildman–Crippen MR) is 75.4 cm³/mol. The monoisotopic (exact) mass is 274 g/mol. The molecule has 0 aliphatic carbocycles. The largest absolute Gasteiger partial charge is 0.367 e. The van der Waals surface area contributed by atoms with Crippen molar-refractivity contribution in [1.29, 1.82) is 0 Å². The van der Waals surface area contributed by atoms with Gasteiger partial charge >= 0.3 is 0 Å². The number of rotatable bonds is 3. The van der Waals surface area contributed by atoms with Crippen molar-refractivity contribution < 1.29 is 8.78 Å². The van der Waals surface area contributed by atoms with Gasteiger partial charge in [0.15, 0.2) is 0 Å². The summed E-state index contributed by atoms with van der Waals surface area (Å²) < 4.78 is 26.8. The maximum absolute atomic E-state index is 13.4. The summed E-state index contributed by atoms with van der Waals surface area (Å²) >= 11 is 0. The zero-order chi connectivity index (χ0) is 14.1. The van der Waals surface area contributed by atoms with Gasteiger partial charge in [-0.1, -0.05) is 12.1 Å². The van der Waals surface area contributed by atoms with Crippen LogP contribution >= 0.6 is 0 Å². The van der Waals surface area contributed by atoms with Gasteiger partial charge in [0.05, 0.1) is 0 Å². The first-order chi connectivity index (χ1) is 9.67. The first-order valence-electron chi connectivity index (χ1n) is 6.68. The van der Waals surface area contributed by atoms with Crippen LogP contribution in [0.3, 0.4) is 0 Å². The van der Waals surface area contributed by atoms with E-state index in [0.717, 1.165) is 29.8 Å². The number of halogens is 2. The second kappa shape index (κ2) is 5.21. The Hall–Kier alpha value is -1.94. The van der Waals surface area contributed by atoms with Crippen molar-refractivity contribution in [2.24, 2.45) is 5.73 Å². The van der Waals surface area contributed by atoms with Crippen molar-refractivity contribution in [3.05, 3.63) is 64.7 Å². The zero-order valence-corrected chi connectivity index (χ0v) is 11.1. The Bertz CT molecular complexity index is 640. The van der Waals surface area contributed by atoms with Crippen molar-refractivity contribution in [3.63, 3.8) is 0 Å². The van der Waals surface area contributed by atoms with Gasteiger partial charge in [-0.15, -0.1) is 0 Å². The van der Waals surface area contributed by atoms with E-state index >= 15 is 0 Å². The molecule has 1 aliphatic heterocycles. The molecule has 4 heteroatoms. The lowest BCUT2D eigenvalue weighted by molar-refractivity contribution is 0.609. The smallest absolute Gasteiger partial charge is 0.127 e. The van der Waals surface area contributed by atoms with E-state index in [2.05, 4.69) is 4.90 Å². The van der Waals surface area contributed by atoms with Crippen LogP contribution in [0.15, 0.2) is 36.4 Å². The SMILES string of the molecule is NCc1cc(CN2CCc3ccc(F)cc32)ccc1F. The van der Waals surface area contributed by atoms with Gasteiger partial charge in [0.2, 0.25) is 0 Å². The van der Waals surface area contributed by atoms with Crippen LogP contribution in [0.25, 0.3) is 0 Å². The molecular formula is C16H16F2N2. The molecule has 0 fully saturated rings. The maximum atomic E-state index is 13.4. The standard InChI is InChI=1S/C16H16F2N2/c17-14-3-2-12-5-6-20(16(12)8-14)10-11-1-4-15(18)13(7-11)9-19/h1-4,7-8H,5-6,9-10,19H2. The maximum Gasteiger partial charge on any atom is 0.127 e. The van der Waals surface area contributed by atoms with Crippen LogP contribution in [0, 0.1) is 11.6 Å². The molecule has 0 saturated heterocycles. The van der Waals surface area contributed by atoms with E-state index in [1.54, 1.807) is 18.2 Å². The van der Waals surface area contributed by atoms with Crippen molar-refractivity contribution in [2.45, 2.75) is 19.5 Å². The molecule has 0 unspecified atom stereocenters. The molecule has 104 valence electrons. The molecule has 0 aromatic heterocycles. The summed E-state index contributed by atoms with van der Waals surface area (Å²) in [6.45, 7) is 1.68. The number of nitrogens with two attached hydrogens (primary N) is 1. The highest BCUT2D eigenvalue weighted by Gasteiger charge is 2.19. The fourth-order valence-electron chi connectivity index (χ4n) is 2.69. The van der Waals surface area contributed by atoms with Gasteiger partial charge < -0.3 is 10.6 Å². The van der Waals surface area contributed by atoms with E-state index in [1.807, 2.05) is 6.07 Å². The Labute approximate surface area is 116 Å². The lowest BCUT2D eigenvalue weighted by atomic mass is 10.1. The van der Waals surface area contributed by atoms with E-state index in [1.165, 1.54) is 12.1 Å². The molecule has 0 saturated carbocycles. The van der Waals surface area contributed by atoms with Crippen LogP contribution in [0.4, 0.5) is 14.5 Å². The Morgan fingerprint density at radius 2 is 1.95 bits per heavy atom. The first kappa shape index (κ1) is 13.1. The number of fused-ring (bicyclic) bond motifs is 1. The summed E-state index contributed by atoms with van der Waals surface area (Å²) in [5, 5.41) is 0. The molecule has 2 aromatic carbocycles. The molecule has 2 aromatic rings. The first-order valence-corrected chi connectivity index (χ1v) is 6.68. The number of anilines is 1. The molecule has 0 bridgehead atoms. The fourth-order valence-corrected chi connectivity index (χ4v) is 2.69. The number of hydrogen-bond donors (Lipinski definition) is 1. The van der Waals surface area contributed by atoms with Gasteiger partial charge in [0.25, 0.3) is 0 Å². The lowest BCUT2D eigenvalue weighted by Crippen LogP contribution is -2.20. The molecular weight excluding hydrogens is 258 g/mol. The molecule has 2 nitrogen and oxygen atoms in total. The molecule has 3 rings (SSSR count). The van der Waals surface area contributed by atoms with E-state index in [9.17, 15) is 8.78 Å². The van der Waals surface area contributed by atoms with E-state index in [4.69, 9.17) is 5.73 Å². The highest BCUT2D eigenvalue weighted by Crippen LogP contribution is 2.30. The average molecular weight is 274 g/mol. The van der Waals surface area contributed by atoms with Crippen LogP contribution in [0.1, 0.15) is 16.7 Å². The van der Waals surface area contributed by atoms with Gasteiger partial charge in [-0.05, 0) is 41.8 Å². The lowest BCUT2D eigenvalue weighted by Gasteiger charge is -2.20. The van der Waals surface area contributed by atoms with Crippen molar-refractivity contribution in [3.8, 4) is 0 Å². The third-order valence-corrected chi connectivity index (χ3v) is 3.74. The molecule has 20 heavy (non-hydrogen) atoms. The van der Waals surface area contributed by atoms with Crippen molar-refractivity contribution >= 4 is 5.69 Å². The Morgan fingerprint density at radius 3 is 2.75 bits per heavy atom. The minimum absolute atomic E-state index is 0.185. The minimum atomic E-state index is -0.274. The number of hydrogen-bond acceptors (Lipinski definition) is 2. The van der Waals surface area contributed by atoms with Gasteiger partial charge in [-0.25, -0.2) is 8.78 Å².